The topological polar surface area (TPSA) is 67.4 Å². The summed E-state index contributed by atoms with van der Waals surface area (Å²) in [6.45, 7) is 5.74. The van der Waals surface area contributed by atoms with E-state index in [4.69, 9.17) is 16.3 Å². The smallest absolute Gasteiger partial charge is 0.319 e. The zero-order valence-electron chi connectivity index (χ0n) is 12.8. The number of benzene rings is 1. The van der Waals surface area contributed by atoms with Crippen molar-refractivity contribution in [2.24, 2.45) is 0 Å². The Morgan fingerprint density at radius 1 is 1.41 bits per heavy atom. The van der Waals surface area contributed by atoms with Crippen LogP contribution in [0.15, 0.2) is 29.5 Å². The van der Waals surface area contributed by atoms with E-state index in [-0.39, 0.29) is 11.8 Å². The number of halogens is 1. The minimum Gasteiger partial charge on any atom is -0.493 e. The Kier molecular flexibility index (Phi) is 5.08. The second kappa shape index (κ2) is 6.83. The average molecular weight is 323 g/mol. The van der Waals surface area contributed by atoms with Crippen LogP contribution in [0.4, 0.5) is 4.79 Å². The van der Waals surface area contributed by atoms with Crippen LogP contribution in [0, 0.1) is 0 Å². The van der Waals surface area contributed by atoms with Gasteiger partial charge in [-0.3, -0.25) is 4.79 Å². The number of carbonyl (C=O) groups excluding carboxylic acids is 2. The number of nitrogens with one attached hydrogen (secondary N) is 2. The van der Waals surface area contributed by atoms with Gasteiger partial charge in [-0.05, 0) is 38.5 Å². The lowest BCUT2D eigenvalue weighted by atomic mass is 9.92. The first-order chi connectivity index (χ1) is 10.4. The lowest BCUT2D eigenvalue weighted by molar-refractivity contribution is -0.114. The van der Waals surface area contributed by atoms with E-state index < -0.39 is 6.04 Å². The van der Waals surface area contributed by atoms with Crippen LogP contribution < -0.4 is 15.4 Å². The van der Waals surface area contributed by atoms with Crippen LogP contribution in [0.3, 0.4) is 0 Å². The highest BCUT2D eigenvalue weighted by molar-refractivity contribution is 6.30. The Morgan fingerprint density at radius 3 is 2.77 bits per heavy atom. The van der Waals surface area contributed by atoms with Gasteiger partial charge in [0.25, 0.3) is 0 Å². The molecule has 1 heterocycles. The van der Waals surface area contributed by atoms with Crippen LogP contribution >= 0.6 is 11.6 Å². The Hall–Kier alpha value is -2.01. The largest absolute Gasteiger partial charge is 0.493 e. The summed E-state index contributed by atoms with van der Waals surface area (Å²) in [4.78, 5) is 23.8. The Bertz CT molecular complexity index is 640. The first kappa shape index (κ1) is 16.4. The molecular weight excluding hydrogens is 304 g/mol. The van der Waals surface area contributed by atoms with Gasteiger partial charge in [0.15, 0.2) is 5.78 Å². The van der Waals surface area contributed by atoms with Gasteiger partial charge in [-0.2, -0.15) is 0 Å². The van der Waals surface area contributed by atoms with Gasteiger partial charge in [0.2, 0.25) is 0 Å². The van der Waals surface area contributed by atoms with Gasteiger partial charge in [-0.25, -0.2) is 4.79 Å². The van der Waals surface area contributed by atoms with Gasteiger partial charge in [-0.1, -0.05) is 18.5 Å². The maximum absolute atomic E-state index is 12.0. The van der Waals surface area contributed by atoms with Crippen molar-refractivity contribution in [3.05, 3.63) is 40.1 Å². The summed E-state index contributed by atoms with van der Waals surface area (Å²) < 4.78 is 5.73. The number of hydrogen-bond acceptors (Lipinski definition) is 3. The fourth-order valence-electron chi connectivity index (χ4n) is 2.48. The summed E-state index contributed by atoms with van der Waals surface area (Å²) in [5.74, 6) is 0.501. The fourth-order valence-corrected chi connectivity index (χ4v) is 2.66. The highest BCUT2D eigenvalue weighted by Crippen LogP contribution is 2.35. The van der Waals surface area contributed by atoms with Crippen molar-refractivity contribution in [3.8, 4) is 5.75 Å². The van der Waals surface area contributed by atoms with Gasteiger partial charge in [-0.15, -0.1) is 0 Å². The van der Waals surface area contributed by atoms with Gasteiger partial charge in [0.1, 0.15) is 5.75 Å². The first-order valence-electron chi connectivity index (χ1n) is 7.15. The molecule has 2 N–H and O–H groups in total. The van der Waals surface area contributed by atoms with Gasteiger partial charge in [0.05, 0.1) is 12.6 Å². The van der Waals surface area contributed by atoms with Crippen LogP contribution in [0.5, 0.6) is 5.75 Å². The molecular formula is C16H19ClN2O3. The van der Waals surface area contributed by atoms with Crippen LogP contribution in [-0.4, -0.2) is 18.4 Å². The van der Waals surface area contributed by atoms with Crippen molar-refractivity contribution in [2.75, 3.05) is 6.61 Å². The van der Waals surface area contributed by atoms with E-state index in [1.807, 2.05) is 6.92 Å². The van der Waals surface area contributed by atoms with Crippen LogP contribution in [0.25, 0.3) is 0 Å². The molecule has 0 bridgehead atoms. The number of urea groups is 1. The lowest BCUT2D eigenvalue weighted by Crippen LogP contribution is -2.44. The van der Waals surface area contributed by atoms with Gasteiger partial charge >= 0.3 is 6.03 Å². The Balaban J connectivity index is 2.52. The van der Waals surface area contributed by atoms with E-state index >= 15 is 0 Å². The van der Waals surface area contributed by atoms with Gasteiger partial charge in [0, 0.05) is 21.9 Å². The molecule has 0 radical (unpaired) electrons. The molecule has 0 saturated carbocycles. The molecule has 22 heavy (non-hydrogen) atoms. The maximum atomic E-state index is 12.0. The molecule has 0 spiro atoms. The molecule has 1 aliphatic rings. The summed E-state index contributed by atoms with van der Waals surface area (Å²) in [7, 11) is 0. The van der Waals surface area contributed by atoms with E-state index in [1.165, 1.54) is 6.92 Å². The van der Waals surface area contributed by atoms with Crippen LogP contribution in [0.1, 0.15) is 38.8 Å². The van der Waals surface area contributed by atoms with Crippen LogP contribution in [-0.2, 0) is 4.79 Å². The maximum Gasteiger partial charge on any atom is 0.319 e. The number of rotatable bonds is 5. The summed E-state index contributed by atoms with van der Waals surface area (Å²) >= 11 is 6.09. The van der Waals surface area contributed by atoms with Crippen molar-refractivity contribution in [1.29, 1.82) is 0 Å². The highest BCUT2D eigenvalue weighted by atomic mass is 35.5. The zero-order chi connectivity index (χ0) is 16.3. The Labute approximate surface area is 134 Å². The van der Waals surface area contributed by atoms with Crippen molar-refractivity contribution in [1.82, 2.24) is 10.6 Å². The third-order valence-electron chi connectivity index (χ3n) is 3.39. The van der Waals surface area contributed by atoms with E-state index in [1.54, 1.807) is 25.1 Å². The van der Waals surface area contributed by atoms with E-state index in [0.29, 0.717) is 34.2 Å². The lowest BCUT2D eigenvalue weighted by Gasteiger charge is -2.29. The fraction of sp³-hybridized carbons (Fsp3) is 0.375. The minimum atomic E-state index is -0.572. The molecule has 1 aromatic carbocycles. The molecule has 0 aromatic heterocycles. The molecule has 0 fully saturated rings. The number of carbonyl (C=O) groups is 2. The number of hydrogen-bond donors (Lipinski definition) is 2. The van der Waals surface area contributed by atoms with E-state index in [2.05, 4.69) is 10.6 Å². The summed E-state index contributed by atoms with van der Waals surface area (Å²) in [5.41, 5.74) is 1.73. The van der Waals surface area contributed by atoms with Crippen molar-refractivity contribution >= 4 is 23.4 Å². The predicted octanol–water partition coefficient (Wildman–Crippen LogP) is 3.35. The molecule has 0 unspecified atom stereocenters. The summed E-state index contributed by atoms with van der Waals surface area (Å²) in [5, 5.41) is 5.91. The molecule has 1 aliphatic heterocycles. The standard InChI is InChI=1S/C16H19ClN2O3/c1-4-7-22-13-6-5-11(17)8-12(13)15-14(10(3)20)9(2)18-16(21)19-15/h5-6,8,15H,4,7H2,1-3H3,(H2,18,19,21)/t15-/m1/s1. The highest BCUT2D eigenvalue weighted by Gasteiger charge is 2.31. The molecule has 1 atom stereocenters. The average Bonchev–Trinajstić information content (AvgIpc) is 2.44. The SMILES string of the molecule is CCCOc1ccc(Cl)cc1[C@H]1NC(=O)NC(C)=C1C(C)=O. The molecule has 2 amide bonds. The van der Waals surface area contributed by atoms with Crippen LogP contribution in [0.2, 0.25) is 5.02 Å². The molecule has 6 heteroatoms. The number of allylic oxidation sites excluding steroid dienone is 1. The molecule has 0 saturated heterocycles. The summed E-state index contributed by atoms with van der Waals surface area (Å²) in [6.07, 6.45) is 0.856. The zero-order valence-corrected chi connectivity index (χ0v) is 13.6. The van der Waals surface area contributed by atoms with E-state index in [0.717, 1.165) is 6.42 Å². The molecule has 2 rings (SSSR count). The number of amides is 2. The molecule has 118 valence electrons. The first-order valence-corrected chi connectivity index (χ1v) is 7.53. The number of ketones is 1. The molecule has 1 aromatic rings. The minimum absolute atomic E-state index is 0.114. The van der Waals surface area contributed by atoms with Crippen molar-refractivity contribution in [3.63, 3.8) is 0 Å². The third kappa shape index (κ3) is 3.42. The van der Waals surface area contributed by atoms with Crippen molar-refractivity contribution in [2.45, 2.75) is 33.2 Å². The normalized spacial score (nSPS) is 17.8. The predicted molar refractivity (Wildman–Crippen MR) is 85.0 cm³/mol. The van der Waals surface area contributed by atoms with Crippen molar-refractivity contribution < 1.29 is 14.3 Å². The Morgan fingerprint density at radius 2 is 2.14 bits per heavy atom. The number of ether oxygens (including phenoxy) is 1. The summed E-state index contributed by atoms with van der Waals surface area (Å²) in [6, 6.07) is 4.28. The third-order valence-corrected chi connectivity index (χ3v) is 3.63. The molecule has 5 nitrogen and oxygen atoms in total. The van der Waals surface area contributed by atoms with E-state index in [9.17, 15) is 9.59 Å². The molecule has 0 aliphatic carbocycles. The quantitative estimate of drug-likeness (QED) is 0.873. The second-order valence-electron chi connectivity index (χ2n) is 5.16. The second-order valence-corrected chi connectivity index (χ2v) is 5.59. The number of Topliss-reactive ketones (excluding diaryl/α,β-unsaturated/α-hetero) is 1. The monoisotopic (exact) mass is 322 g/mol. The van der Waals surface area contributed by atoms with Gasteiger partial charge < -0.3 is 15.4 Å².